The summed E-state index contributed by atoms with van der Waals surface area (Å²) in [6.07, 6.45) is 11.0. The number of hydrogen-bond acceptors (Lipinski definition) is 18. The quantitative estimate of drug-likeness (QED) is 0.0423. The van der Waals surface area contributed by atoms with E-state index in [-0.39, 0.29) is 89.0 Å². The Morgan fingerprint density at radius 2 is 1.14 bits per heavy atom. The van der Waals surface area contributed by atoms with Crippen LogP contribution >= 0.6 is 22.7 Å². The predicted octanol–water partition coefficient (Wildman–Crippen LogP) is 7.14. The summed E-state index contributed by atoms with van der Waals surface area (Å²) >= 11 is 2.70. The molecule has 6 heterocycles. The zero-order valence-electron chi connectivity index (χ0n) is 45.4. The van der Waals surface area contributed by atoms with Crippen molar-refractivity contribution < 1.29 is 101 Å². The largest absolute Gasteiger partial charge is 1.00 e. The number of carbonyl (C=O) groups excluding carboxylic acids is 3. The minimum atomic E-state index is -1.36. The standard InChI is InChI=1S/C29H32FN3O6S.C28H30FN3O6S.Na.H2O/c1-29(16-26(34)33-28-31-10-12-40-28)22-15-25(39-19-6-7-21(23(30)14-19)27(35)36-2)24(13-18(22)8-9-32-29)38-17-20-5-3-4-11-37-20;1-28(15-25(33)32-27-30-9-11-39-27)21-14-24(38-18-5-6-20(26(34)35)22(29)13-18)23(12-17(21)7-8-31-28)37-16-19-4-2-3-10-36-19;;/h6-7,10,12-15,20,32H,3-5,8-9,11,16-17H2,1-2H3,(H,31,33,34);5-6,9,11-14,19,31H,2-4,7-8,10,15-16H2,1H3,(H,34,35)(H,30,32,33);;1H2/q;;+1;/p-1/t20?,29-;19?,28-;;/m11../s1. The van der Waals surface area contributed by atoms with Crippen LogP contribution < -0.4 is 69.8 Å². The molecule has 0 bridgehead atoms. The van der Waals surface area contributed by atoms with Gasteiger partial charge >= 0.3 is 41.5 Å². The molecule has 2 unspecified atom stereocenters. The first-order valence-electron chi connectivity index (χ1n) is 26.1. The van der Waals surface area contributed by atoms with Gasteiger partial charge in [0.1, 0.15) is 36.3 Å². The van der Waals surface area contributed by atoms with Gasteiger partial charge in [-0.05, 0) is 136 Å². The summed E-state index contributed by atoms with van der Waals surface area (Å²) in [6, 6.07) is 15.1. The van der Waals surface area contributed by atoms with Gasteiger partial charge in [-0.15, -0.1) is 22.7 Å². The monoisotopic (exact) mass is 1160 g/mol. The number of fused-ring (bicyclic) bond motifs is 2. The van der Waals surface area contributed by atoms with Crippen LogP contribution in [0.25, 0.3) is 0 Å². The van der Waals surface area contributed by atoms with Crippen molar-refractivity contribution in [2.45, 2.75) is 101 Å². The second-order valence-corrected chi connectivity index (χ2v) is 21.7. The van der Waals surface area contributed by atoms with Crippen molar-refractivity contribution in [3.8, 4) is 34.5 Å². The number of carboxylic acid groups (broad SMARTS) is 1. The van der Waals surface area contributed by atoms with Crippen LogP contribution in [0.2, 0.25) is 0 Å². The van der Waals surface area contributed by atoms with Crippen molar-refractivity contribution in [3.05, 3.63) is 129 Å². The number of anilines is 2. The molecular weight excluding hydrogens is 1100 g/mol. The third-order valence-electron chi connectivity index (χ3n) is 14.1. The van der Waals surface area contributed by atoms with Gasteiger partial charge in [0.05, 0.1) is 30.4 Å². The fraction of sp³-hybridized carbons (Fsp3) is 0.404. The number of rotatable bonds is 18. The number of hydrogen-bond donors (Lipinski definition) is 5. The summed E-state index contributed by atoms with van der Waals surface area (Å²) in [4.78, 5) is 57.2. The smallest absolute Gasteiger partial charge is 0.870 e. The Morgan fingerprint density at radius 3 is 1.52 bits per heavy atom. The van der Waals surface area contributed by atoms with E-state index in [1.54, 1.807) is 23.2 Å². The Hall–Kier alpha value is -6.12. The molecule has 4 aliphatic rings. The van der Waals surface area contributed by atoms with Crippen molar-refractivity contribution in [1.29, 1.82) is 0 Å². The maximum Gasteiger partial charge on any atom is 1.00 e. The van der Waals surface area contributed by atoms with E-state index >= 15 is 0 Å². The molecule has 2 saturated heterocycles. The molecule has 0 saturated carbocycles. The molecule has 4 aliphatic heterocycles. The average Bonchev–Trinajstić information content (AvgIpc) is 4.25. The SMILES string of the molecule is COC(=O)c1ccc(Oc2cc3c(cc2OCC2CCCCO2)CCN[C@]3(C)CC(=O)Nc2nccs2)cc1F.C[C@]1(CC(=O)Nc2nccs2)NCCc2cc(OCC3CCCCO3)c(Oc3ccc(C(=O)O)c(F)c3)cc21.[Na+].[OH-]. The van der Waals surface area contributed by atoms with Gasteiger partial charge in [-0.1, -0.05) is 0 Å². The molecule has 81 heavy (non-hydrogen) atoms. The molecule has 6 aromatic rings. The molecule has 2 amide bonds. The van der Waals surface area contributed by atoms with E-state index in [1.807, 2.05) is 38.1 Å². The van der Waals surface area contributed by atoms with Gasteiger partial charge in [0.15, 0.2) is 33.3 Å². The summed E-state index contributed by atoms with van der Waals surface area (Å²) in [6.45, 7) is 7.38. The Morgan fingerprint density at radius 1 is 0.679 bits per heavy atom. The predicted molar refractivity (Wildman–Crippen MR) is 293 cm³/mol. The molecule has 6 N–H and O–H groups in total. The maximum atomic E-state index is 14.7. The Balaban J connectivity index is 0.000000228. The van der Waals surface area contributed by atoms with Crippen LogP contribution in [0.3, 0.4) is 0 Å². The van der Waals surface area contributed by atoms with Crippen LogP contribution in [0.15, 0.2) is 83.8 Å². The Bertz CT molecular complexity index is 3130. The van der Waals surface area contributed by atoms with Gasteiger partial charge in [-0.3, -0.25) is 9.59 Å². The molecule has 10 rings (SSSR count). The van der Waals surface area contributed by atoms with E-state index in [1.165, 1.54) is 48.0 Å². The minimum absolute atomic E-state index is 0. The first-order chi connectivity index (χ1) is 38.1. The number of nitrogens with one attached hydrogen (secondary N) is 4. The minimum Gasteiger partial charge on any atom is -0.870 e. The van der Waals surface area contributed by atoms with Crippen molar-refractivity contribution in [3.63, 3.8) is 0 Å². The summed E-state index contributed by atoms with van der Waals surface area (Å²) in [5, 5.41) is 26.5. The molecule has 0 radical (unpaired) electrons. The zero-order valence-corrected chi connectivity index (χ0v) is 49.0. The average molecular weight is 1170 g/mol. The van der Waals surface area contributed by atoms with E-state index in [4.69, 9.17) is 28.4 Å². The van der Waals surface area contributed by atoms with Crippen molar-refractivity contribution in [2.75, 3.05) is 57.3 Å². The number of carboxylic acids is 1. The Kier molecular flexibility index (Phi) is 22.2. The van der Waals surface area contributed by atoms with Crippen LogP contribution in [0.5, 0.6) is 34.5 Å². The van der Waals surface area contributed by atoms with Crippen LogP contribution in [0.4, 0.5) is 19.0 Å². The molecular formula is C57H63F2N6NaO13S2. The Labute approximate surface area is 497 Å². The normalized spacial score (nSPS) is 20.0. The molecule has 4 atom stereocenters. The number of aromatic nitrogens is 2. The van der Waals surface area contributed by atoms with Gasteiger partial charge in [0, 0.05) is 85.5 Å². The fourth-order valence-electron chi connectivity index (χ4n) is 10.1. The summed E-state index contributed by atoms with van der Waals surface area (Å²) in [5.41, 5.74) is 1.75. The summed E-state index contributed by atoms with van der Waals surface area (Å²) < 4.78 is 70.0. The molecule has 19 nitrogen and oxygen atoms in total. The number of methoxy groups -OCH3 is 1. The molecule has 2 fully saturated rings. The van der Waals surface area contributed by atoms with E-state index < -0.39 is 40.2 Å². The third-order valence-corrected chi connectivity index (χ3v) is 15.5. The fourth-order valence-corrected chi connectivity index (χ4v) is 11.2. The number of thiazole rings is 2. The third kappa shape index (κ3) is 16.1. The molecule has 4 aromatic carbocycles. The van der Waals surface area contributed by atoms with Gasteiger partial charge in [0.2, 0.25) is 11.8 Å². The molecule has 2 aromatic heterocycles. The number of carbonyl (C=O) groups is 4. The summed E-state index contributed by atoms with van der Waals surface area (Å²) in [5.74, 6) is -2.14. The number of esters is 1. The topological polar surface area (TPSA) is 257 Å². The number of halogens is 2. The first kappa shape index (κ1) is 62.5. The second kappa shape index (κ2) is 28.7. The second-order valence-electron chi connectivity index (χ2n) is 19.9. The van der Waals surface area contributed by atoms with Gasteiger partial charge in [-0.25, -0.2) is 28.3 Å². The molecule has 24 heteroatoms. The molecule has 0 aliphatic carbocycles. The molecule has 0 spiro atoms. The number of aromatic carboxylic acids is 1. The van der Waals surface area contributed by atoms with E-state index in [2.05, 4.69) is 36.0 Å². The van der Waals surface area contributed by atoms with E-state index in [9.17, 15) is 33.1 Å². The van der Waals surface area contributed by atoms with Crippen LogP contribution in [0, 0.1) is 11.6 Å². The van der Waals surface area contributed by atoms with Gasteiger partial charge < -0.3 is 65.0 Å². The number of nitrogens with zero attached hydrogens (tertiary/aromatic N) is 2. The van der Waals surface area contributed by atoms with Crippen molar-refractivity contribution in [2.24, 2.45) is 0 Å². The van der Waals surface area contributed by atoms with Crippen molar-refractivity contribution >= 4 is 56.7 Å². The number of ether oxygens (including phenoxy) is 7. The van der Waals surface area contributed by atoms with Crippen LogP contribution in [-0.2, 0) is 47.7 Å². The zero-order chi connectivity index (χ0) is 55.5. The van der Waals surface area contributed by atoms with E-state index in [0.29, 0.717) is 72.8 Å². The summed E-state index contributed by atoms with van der Waals surface area (Å²) in [7, 11) is 1.20. The molecule has 426 valence electrons. The first-order valence-corrected chi connectivity index (χ1v) is 27.9. The van der Waals surface area contributed by atoms with E-state index in [0.717, 1.165) is 91.8 Å². The van der Waals surface area contributed by atoms with Gasteiger partial charge in [-0.2, -0.15) is 0 Å². The van der Waals surface area contributed by atoms with Crippen LogP contribution in [-0.4, -0.2) is 103 Å². The van der Waals surface area contributed by atoms with Crippen LogP contribution in [0.1, 0.15) is 108 Å². The van der Waals surface area contributed by atoms with Gasteiger partial charge in [0.25, 0.3) is 0 Å². The van der Waals surface area contributed by atoms with Crippen molar-refractivity contribution in [1.82, 2.24) is 20.6 Å². The number of amides is 2. The number of benzene rings is 4. The maximum absolute atomic E-state index is 14.7.